The average Bonchev–Trinajstić information content (AvgIpc) is 3.28. The Morgan fingerprint density at radius 3 is 2.42 bits per heavy atom. The molecule has 184 valence electrons. The van der Waals surface area contributed by atoms with Crippen LogP contribution in [0.15, 0.2) is 71.2 Å². The predicted octanol–water partition coefficient (Wildman–Crippen LogP) is 6.15. The van der Waals surface area contributed by atoms with Gasteiger partial charge in [0.05, 0.1) is 5.02 Å². The minimum Gasteiger partial charge on any atom is -0.312 e. The molecule has 0 unspecified atom stereocenters. The van der Waals surface area contributed by atoms with Crippen LogP contribution in [0.4, 0.5) is 10.8 Å². The Balaban J connectivity index is 1.52. The van der Waals surface area contributed by atoms with Crippen molar-refractivity contribution in [3.05, 3.63) is 88.7 Å². The molecule has 0 atom stereocenters. The van der Waals surface area contributed by atoms with E-state index in [2.05, 4.69) is 37.6 Å². The molecular formula is C26H24ClN5O2S2. The minimum absolute atomic E-state index is 0.128. The molecule has 2 aromatic heterocycles. The standard InChI is InChI=1S/C26H24ClN5O2S2/c1-32(2)15-18-6-4-5-7-20(18)16-8-10-17(11-9-16)23(33)31-25-22(30-26(35-3)36-25)24(34)29-21-13-12-19(27)14-28-21/h4-14H,15H2,1-3H3,(H,31,33)(H,28,29,34). The number of hydrogen-bond donors (Lipinski definition) is 2. The number of amides is 2. The molecule has 2 amide bonds. The number of benzene rings is 2. The molecule has 0 saturated carbocycles. The molecule has 7 nitrogen and oxygen atoms in total. The lowest BCUT2D eigenvalue weighted by Gasteiger charge is -2.14. The van der Waals surface area contributed by atoms with E-state index in [9.17, 15) is 9.59 Å². The minimum atomic E-state index is -0.468. The van der Waals surface area contributed by atoms with Crippen LogP contribution in [-0.2, 0) is 6.54 Å². The van der Waals surface area contributed by atoms with Crippen molar-refractivity contribution < 1.29 is 9.59 Å². The molecule has 2 aromatic carbocycles. The lowest BCUT2D eigenvalue weighted by Crippen LogP contribution is -2.18. The number of thioether (sulfide) groups is 1. The van der Waals surface area contributed by atoms with Gasteiger partial charge in [0.2, 0.25) is 0 Å². The van der Waals surface area contributed by atoms with E-state index in [0.29, 0.717) is 25.7 Å². The molecule has 2 N–H and O–H groups in total. The van der Waals surface area contributed by atoms with Gasteiger partial charge in [0.1, 0.15) is 10.8 Å². The Kier molecular flexibility index (Phi) is 8.37. The highest BCUT2D eigenvalue weighted by Gasteiger charge is 2.21. The summed E-state index contributed by atoms with van der Waals surface area (Å²) in [7, 11) is 4.07. The fourth-order valence-corrected chi connectivity index (χ4v) is 5.08. The van der Waals surface area contributed by atoms with E-state index in [0.717, 1.165) is 17.7 Å². The van der Waals surface area contributed by atoms with Crippen molar-refractivity contribution in [3.8, 4) is 11.1 Å². The fourth-order valence-electron chi connectivity index (χ4n) is 3.51. The van der Waals surface area contributed by atoms with Crippen LogP contribution in [0.1, 0.15) is 26.4 Å². The summed E-state index contributed by atoms with van der Waals surface area (Å²) >= 11 is 8.50. The van der Waals surface area contributed by atoms with Crippen molar-refractivity contribution in [1.82, 2.24) is 14.9 Å². The summed E-state index contributed by atoms with van der Waals surface area (Å²) in [5, 5.41) is 6.38. The van der Waals surface area contributed by atoms with Crippen LogP contribution in [0, 0.1) is 0 Å². The Morgan fingerprint density at radius 1 is 1.00 bits per heavy atom. The molecule has 0 bridgehead atoms. The van der Waals surface area contributed by atoms with E-state index in [1.54, 1.807) is 24.3 Å². The number of anilines is 2. The van der Waals surface area contributed by atoms with Crippen molar-refractivity contribution in [2.24, 2.45) is 0 Å². The SMILES string of the molecule is CSc1nc(C(=O)Nc2ccc(Cl)cn2)c(NC(=O)c2ccc(-c3ccccc3CN(C)C)cc2)s1. The second-order valence-corrected chi connectivity index (χ2v) is 10.6. The zero-order valence-electron chi connectivity index (χ0n) is 19.9. The third-order valence-corrected chi connectivity index (χ3v) is 7.33. The highest BCUT2D eigenvalue weighted by molar-refractivity contribution is 8.00. The first-order valence-electron chi connectivity index (χ1n) is 11.0. The Bertz CT molecular complexity index is 1370. The molecule has 0 aliphatic rings. The smallest absolute Gasteiger partial charge is 0.278 e. The number of halogens is 1. The van der Waals surface area contributed by atoms with E-state index in [-0.39, 0.29) is 11.6 Å². The topological polar surface area (TPSA) is 87.2 Å². The predicted molar refractivity (Wildman–Crippen MR) is 148 cm³/mol. The van der Waals surface area contributed by atoms with Crippen LogP contribution in [0.5, 0.6) is 0 Å². The zero-order chi connectivity index (χ0) is 25.7. The quantitative estimate of drug-likeness (QED) is 0.262. The first-order valence-corrected chi connectivity index (χ1v) is 13.4. The van der Waals surface area contributed by atoms with Crippen molar-refractivity contribution in [2.75, 3.05) is 31.0 Å². The number of nitrogens with zero attached hydrogens (tertiary/aromatic N) is 3. The van der Waals surface area contributed by atoms with Crippen LogP contribution in [0.3, 0.4) is 0 Å². The molecule has 4 rings (SSSR count). The summed E-state index contributed by atoms with van der Waals surface area (Å²) < 4.78 is 0.660. The lowest BCUT2D eigenvalue weighted by atomic mass is 9.98. The Hall–Kier alpha value is -3.24. The number of pyridine rings is 1. The summed E-state index contributed by atoms with van der Waals surface area (Å²) in [6.45, 7) is 0.817. The third-order valence-electron chi connectivity index (χ3n) is 5.16. The highest BCUT2D eigenvalue weighted by atomic mass is 35.5. The van der Waals surface area contributed by atoms with Gasteiger partial charge >= 0.3 is 0 Å². The monoisotopic (exact) mass is 537 g/mol. The van der Waals surface area contributed by atoms with Gasteiger partial charge in [0.15, 0.2) is 10.0 Å². The average molecular weight is 538 g/mol. The molecule has 4 aromatic rings. The summed E-state index contributed by atoms with van der Waals surface area (Å²) in [5.74, 6) is -0.451. The molecule has 36 heavy (non-hydrogen) atoms. The lowest BCUT2D eigenvalue weighted by molar-refractivity contribution is 0.102. The molecule has 0 aliphatic heterocycles. The summed E-state index contributed by atoms with van der Waals surface area (Å²) in [5.41, 5.74) is 3.97. The molecule has 0 saturated heterocycles. The van der Waals surface area contributed by atoms with Gasteiger partial charge in [-0.2, -0.15) is 0 Å². The molecule has 10 heteroatoms. The van der Waals surface area contributed by atoms with Gasteiger partial charge < -0.3 is 15.5 Å². The van der Waals surface area contributed by atoms with Crippen LogP contribution < -0.4 is 10.6 Å². The van der Waals surface area contributed by atoms with E-state index in [4.69, 9.17) is 11.6 Å². The van der Waals surface area contributed by atoms with Crippen LogP contribution >= 0.6 is 34.7 Å². The number of nitrogens with one attached hydrogen (secondary N) is 2. The number of aromatic nitrogens is 2. The van der Waals surface area contributed by atoms with Gasteiger partial charge in [0, 0.05) is 18.3 Å². The molecule has 0 aliphatic carbocycles. The van der Waals surface area contributed by atoms with Crippen molar-refractivity contribution in [1.29, 1.82) is 0 Å². The number of hydrogen-bond acceptors (Lipinski definition) is 7. The normalized spacial score (nSPS) is 10.9. The second-order valence-electron chi connectivity index (χ2n) is 8.10. The first kappa shape index (κ1) is 25.8. The highest BCUT2D eigenvalue weighted by Crippen LogP contribution is 2.32. The van der Waals surface area contributed by atoms with Crippen molar-refractivity contribution in [3.63, 3.8) is 0 Å². The summed E-state index contributed by atoms with van der Waals surface area (Å²) in [6.07, 6.45) is 3.30. The largest absolute Gasteiger partial charge is 0.312 e. The maximum absolute atomic E-state index is 13.0. The number of thiazole rings is 1. The number of rotatable bonds is 8. The van der Waals surface area contributed by atoms with Crippen molar-refractivity contribution >= 4 is 57.3 Å². The maximum Gasteiger partial charge on any atom is 0.278 e. The van der Waals surface area contributed by atoms with Crippen molar-refractivity contribution in [2.45, 2.75) is 10.9 Å². The van der Waals surface area contributed by atoms with E-state index in [1.807, 2.05) is 44.6 Å². The van der Waals surface area contributed by atoms with E-state index < -0.39 is 5.91 Å². The van der Waals surface area contributed by atoms with E-state index >= 15 is 0 Å². The van der Waals surface area contributed by atoms with Gasteiger partial charge in [-0.1, -0.05) is 71.1 Å². The Morgan fingerprint density at radius 2 is 1.75 bits per heavy atom. The van der Waals surface area contributed by atoms with Gasteiger partial charge in [-0.15, -0.1) is 0 Å². The van der Waals surface area contributed by atoms with Gasteiger partial charge in [-0.25, -0.2) is 9.97 Å². The summed E-state index contributed by atoms with van der Waals surface area (Å²) in [4.78, 5) is 36.5. The molecule has 0 spiro atoms. The summed E-state index contributed by atoms with van der Waals surface area (Å²) in [6, 6.07) is 18.9. The van der Waals surface area contributed by atoms with Gasteiger partial charge in [-0.05, 0) is 61.3 Å². The van der Waals surface area contributed by atoms with Crippen LogP contribution in [0.25, 0.3) is 11.1 Å². The molecule has 0 radical (unpaired) electrons. The van der Waals surface area contributed by atoms with Crippen LogP contribution in [0.2, 0.25) is 5.02 Å². The van der Waals surface area contributed by atoms with E-state index in [1.165, 1.54) is 34.9 Å². The number of carbonyl (C=O) groups is 2. The molecule has 0 fully saturated rings. The number of carbonyl (C=O) groups excluding carboxylic acids is 2. The van der Waals surface area contributed by atoms with Crippen LogP contribution in [-0.4, -0.2) is 47.0 Å². The maximum atomic E-state index is 13.0. The molecular weight excluding hydrogens is 514 g/mol. The van der Waals surface area contributed by atoms with Gasteiger partial charge in [-0.3, -0.25) is 9.59 Å². The zero-order valence-corrected chi connectivity index (χ0v) is 22.3. The first-order chi connectivity index (χ1) is 17.3. The third kappa shape index (κ3) is 6.30. The van der Waals surface area contributed by atoms with Gasteiger partial charge in [0.25, 0.3) is 11.8 Å². The fraction of sp³-hybridized carbons (Fsp3) is 0.154. The molecule has 2 heterocycles. The Labute approximate surface area is 222 Å². The second kappa shape index (κ2) is 11.7.